The molecule has 0 aromatic rings. The molecule has 2 heteroatoms. The molecule has 10 heavy (non-hydrogen) atoms. The highest BCUT2D eigenvalue weighted by atomic mass is 35.5. The van der Waals surface area contributed by atoms with E-state index in [9.17, 15) is 0 Å². The predicted octanol–water partition coefficient (Wildman–Crippen LogP) is 1.82. The Balaban J connectivity index is 0.000000500. The molecule has 0 amide bonds. The van der Waals surface area contributed by atoms with Gasteiger partial charge in [0, 0.05) is 0 Å². The molecule has 0 aromatic heterocycles. The van der Waals surface area contributed by atoms with Crippen LogP contribution in [0.2, 0.25) is 0 Å². The van der Waals surface area contributed by atoms with Crippen LogP contribution < -0.4 is 5.32 Å². The van der Waals surface area contributed by atoms with Crippen LogP contribution in [0.4, 0.5) is 0 Å². The fraction of sp³-hybridized carbons (Fsp3) is 1.00. The van der Waals surface area contributed by atoms with E-state index in [1.54, 1.807) is 0 Å². The lowest BCUT2D eigenvalue weighted by Gasteiger charge is -2.25. The van der Waals surface area contributed by atoms with Gasteiger partial charge in [0.05, 0.1) is 0 Å². The molecule has 2 aliphatic rings. The number of rotatable bonds is 0. The second-order valence-electron chi connectivity index (χ2n) is 3.44. The van der Waals surface area contributed by atoms with Gasteiger partial charge < -0.3 is 5.32 Å². The Bertz CT molecular complexity index is 93.4. The summed E-state index contributed by atoms with van der Waals surface area (Å²) in [7, 11) is 0. The van der Waals surface area contributed by atoms with Crippen molar-refractivity contribution in [2.75, 3.05) is 13.1 Å². The van der Waals surface area contributed by atoms with Crippen molar-refractivity contribution in [2.24, 2.45) is 11.8 Å². The first-order valence-electron chi connectivity index (χ1n) is 4.17. The van der Waals surface area contributed by atoms with Gasteiger partial charge in [0.15, 0.2) is 0 Å². The smallest absolute Gasteiger partial charge is 0.00179 e. The number of halogens is 1. The van der Waals surface area contributed by atoms with Gasteiger partial charge in [-0.1, -0.05) is 12.8 Å². The van der Waals surface area contributed by atoms with E-state index < -0.39 is 0 Å². The fourth-order valence-electron chi connectivity index (χ4n) is 2.34. The molecule has 0 spiro atoms. The van der Waals surface area contributed by atoms with Gasteiger partial charge in [-0.05, 0) is 37.8 Å². The standard InChI is InChI=1S/C8H15N.ClH/c1-2-7-4-5-9-6-8(7)3-1;/h7-9H,1-6H2;1H/t7-,8+;/m1./s1. The van der Waals surface area contributed by atoms with E-state index in [2.05, 4.69) is 5.32 Å². The Morgan fingerprint density at radius 2 is 1.80 bits per heavy atom. The van der Waals surface area contributed by atoms with Gasteiger partial charge in [-0.25, -0.2) is 0 Å². The zero-order valence-electron chi connectivity index (χ0n) is 6.31. The van der Waals surface area contributed by atoms with E-state index in [0.717, 1.165) is 11.8 Å². The lowest BCUT2D eigenvalue weighted by atomic mass is 9.90. The Morgan fingerprint density at radius 1 is 1.00 bits per heavy atom. The molecule has 0 aromatic carbocycles. The van der Waals surface area contributed by atoms with Crippen molar-refractivity contribution in [3.63, 3.8) is 0 Å². The first kappa shape index (κ1) is 8.35. The maximum Gasteiger partial charge on any atom is -0.00179 e. The van der Waals surface area contributed by atoms with Gasteiger partial charge in [-0.2, -0.15) is 0 Å². The maximum absolute atomic E-state index is 3.46. The van der Waals surface area contributed by atoms with Crippen molar-refractivity contribution in [1.29, 1.82) is 0 Å². The molecule has 2 rings (SSSR count). The largest absolute Gasteiger partial charge is 0.316 e. The van der Waals surface area contributed by atoms with Crippen LogP contribution in [-0.4, -0.2) is 13.1 Å². The van der Waals surface area contributed by atoms with Crippen LogP contribution >= 0.6 is 12.4 Å². The van der Waals surface area contributed by atoms with E-state index in [1.807, 2.05) is 0 Å². The van der Waals surface area contributed by atoms with Crippen LogP contribution in [0, 0.1) is 11.8 Å². The molecule has 1 nitrogen and oxygen atoms in total. The molecule has 0 bridgehead atoms. The molecule has 1 aliphatic heterocycles. The van der Waals surface area contributed by atoms with Crippen LogP contribution in [-0.2, 0) is 0 Å². The van der Waals surface area contributed by atoms with Gasteiger partial charge in [-0.3, -0.25) is 0 Å². The molecule has 2 fully saturated rings. The Kier molecular flexibility index (Phi) is 2.99. The molecule has 2 atom stereocenters. The predicted molar refractivity (Wildman–Crippen MR) is 45.6 cm³/mol. The van der Waals surface area contributed by atoms with E-state index >= 15 is 0 Å². The molecule has 1 N–H and O–H groups in total. The average Bonchev–Trinajstić information content (AvgIpc) is 2.33. The van der Waals surface area contributed by atoms with Crippen LogP contribution in [0.5, 0.6) is 0 Å². The van der Waals surface area contributed by atoms with E-state index in [0.29, 0.717) is 0 Å². The fourth-order valence-corrected chi connectivity index (χ4v) is 2.34. The quantitative estimate of drug-likeness (QED) is 0.572. The molecular formula is C8H16ClN. The summed E-state index contributed by atoms with van der Waals surface area (Å²) in [6.07, 6.45) is 5.96. The topological polar surface area (TPSA) is 12.0 Å². The van der Waals surface area contributed by atoms with Crippen molar-refractivity contribution < 1.29 is 0 Å². The Morgan fingerprint density at radius 3 is 2.60 bits per heavy atom. The highest BCUT2D eigenvalue weighted by molar-refractivity contribution is 5.85. The number of nitrogens with one attached hydrogen (secondary N) is 1. The third kappa shape index (κ3) is 1.46. The molecule has 1 heterocycles. The van der Waals surface area contributed by atoms with Crippen molar-refractivity contribution >= 4 is 12.4 Å². The summed E-state index contributed by atoms with van der Waals surface area (Å²) < 4.78 is 0. The Labute approximate surface area is 69.0 Å². The van der Waals surface area contributed by atoms with E-state index in [1.165, 1.54) is 38.8 Å². The lowest BCUT2D eigenvalue weighted by molar-refractivity contribution is 0.295. The molecule has 1 saturated carbocycles. The van der Waals surface area contributed by atoms with Gasteiger partial charge in [-0.15, -0.1) is 12.4 Å². The maximum atomic E-state index is 3.46. The highest BCUT2D eigenvalue weighted by Crippen LogP contribution is 2.34. The SMILES string of the molecule is C1C[C@@H]2CCNC[C@@H]2C1.Cl. The van der Waals surface area contributed by atoms with E-state index in [4.69, 9.17) is 0 Å². The highest BCUT2D eigenvalue weighted by Gasteiger charge is 2.28. The second kappa shape index (κ2) is 3.59. The monoisotopic (exact) mass is 161 g/mol. The number of hydrogen-bond donors (Lipinski definition) is 1. The summed E-state index contributed by atoms with van der Waals surface area (Å²) in [5, 5.41) is 3.46. The first-order chi connectivity index (χ1) is 4.47. The van der Waals surface area contributed by atoms with Crippen LogP contribution in [0.1, 0.15) is 25.7 Å². The molecular weight excluding hydrogens is 146 g/mol. The van der Waals surface area contributed by atoms with Gasteiger partial charge in [0.2, 0.25) is 0 Å². The van der Waals surface area contributed by atoms with Crippen molar-refractivity contribution in [2.45, 2.75) is 25.7 Å². The summed E-state index contributed by atoms with van der Waals surface area (Å²) in [5.41, 5.74) is 0. The molecule has 60 valence electrons. The third-order valence-corrected chi connectivity index (χ3v) is 2.91. The van der Waals surface area contributed by atoms with Gasteiger partial charge in [0.1, 0.15) is 0 Å². The summed E-state index contributed by atoms with van der Waals surface area (Å²) in [4.78, 5) is 0. The molecule has 0 radical (unpaired) electrons. The summed E-state index contributed by atoms with van der Waals surface area (Å²) in [6, 6.07) is 0. The van der Waals surface area contributed by atoms with Crippen molar-refractivity contribution in [1.82, 2.24) is 5.32 Å². The minimum absolute atomic E-state index is 0. The third-order valence-electron chi connectivity index (χ3n) is 2.91. The zero-order chi connectivity index (χ0) is 6.10. The van der Waals surface area contributed by atoms with Crippen LogP contribution in [0.25, 0.3) is 0 Å². The van der Waals surface area contributed by atoms with Gasteiger partial charge >= 0.3 is 0 Å². The summed E-state index contributed by atoms with van der Waals surface area (Å²) in [5.74, 6) is 2.16. The summed E-state index contributed by atoms with van der Waals surface area (Å²) in [6.45, 7) is 2.59. The summed E-state index contributed by atoms with van der Waals surface area (Å²) >= 11 is 0. The number of hydrogen-bond acceptors (Lipinski definition) is 1. The van der Waals surface area contributed by atoms with E-state index in [-0.39, 0.29) is 12.4 Å². The van der Waals surface area contributed by atoms with Crippen LogP contribution in [0.3, 0.4) is 0 Å². The average molecular weight is 162 g/mol. The zero-order valence-corrected chi connectivity index (χ0v) is 7.12. The van der Waals surface area contributed by atoms with Crippen LogP contribution in [0.15, 0.2) is 0 Å². The normalized spacial score (nSPS) is 38.4. The Hall–Kier alpha value is 0.250. The molecule has 1 saturated heterocycles. The van der Waals surface area contributed by atoms with Gasteiger partial charge in [0.25, 0.3) is 0 Å². The minimum Gasteiger partial charge on any atom is -0.316 e. The molecule has 0 unspecified atom stereocenters. The minimum atomic E-state index is 0. The number of fused-ring (bicyclic) bond motifs is 1. The van der Waals surface area contributed by atoms with Crippen molar-refractivity contribution in [3.8, 4) is 0 Å². The van der Waals surface area contributed by atoms with Crippen molar-refractivity contribution in [3.05, 3.63) is 0 Å². The second-order valence-corrected chi connectivity index (χ2v) is 3.44. The lowest BCUT2D eigenvalue weighted by Crippen LogP contribution is -2.33. The number of piperidine rings is 1. The first-order valence-corrected chi connectivity index (χ1v) is 4.17. The molecule has 1 aliphatic carbocycles.